The molecule has 4 aliphatic rings. The first-order valence-electron chi connectivity index (χ1n) is 15.2. The van der Waals surface area contributed by atoms with Crippen molar-refractivity contribution in [1.82, 2.24) is 25.2 Å². The minimum Gasteiger partial charge on any atom is -0.463 e. The highest BCUT2D eigenvalue weighted by Gasteiger charge is 2.46. The van der Waals surface area contributed by atoms with Crippen molar-refractivity contribution in [2.75, 3.05) is 50.0 Å². The average molecular weight is 650 g/mol. The molecule has 3 N–H and O–H groups in total. The maximum absolute atomic E-state index is 16.5. The lowest BCUT2D eigenvalue weighted by molar-refractivity contribution is -0.137. The van der Waals surface area contributed by atoms with Crippen molar-refractivity contribution < 1.29 is 26.7 Å². The fourth-order valence-electron chi connectivity index (χ4n) is 7.02. The molecular weight excluding hydrogens is 617 g/mol. The molecule has 4 fully saturated rings. The molecule has 0 amide bonds. The second-order valence-corrected chi connectivity index (χ2v) is 13.1. The molecule has 2 atom stereocenters. The van der Waals surface area contributed by atoms with Crippen LogP contribution in [0.4, 0.5) is 33.5 Å². The van der Waals surface area contributed by atoms with E-state index in [1.54, 1.807) is 0 Å². The Balaban J connectivity index is 1.27. The lowest BCUT2D eigenvalue weighted by atomic mass is 10.0. The quantitative estimate of drug-likeness (QED) is 0.233. The number of hydrogen-bond donors (Lipinski definition) is 2. The van der Waals surface area contributed by atoms with E-state index in [-0.39, 0.29) is 40.1 Å². The van der Waals surface area contributed by atoms with Gasteiger partial charge >= 0.3 is 12.2 Å². The molecule has 1 aromatic carbocycles. The van der Waals surface area contributed by atoms with E-state index in [0.717, 1.165) is 76.1 Å². The Hall–Kier alpha value is -3.29. The topological polar surface area (TPSA) is 92.4 Å². The second kappa shape index (κ2) is 11.5. The molecule has 2 bridgehead atoms. The van der Waals surface area contributed by atoms with Gasteiger partial charge in [-0.25, -0.2) is 8.78 Å². The lowest BCUT2D eigenvalue weighted by Crippen LogP contribution is -2.52. The monoisotopic (exact) mass is 649 g/mol. The highest BCUT2D eigenvalue weighted by Crippen LogP contribution is 2.48. The zero-order valence-electron chi connectivity index (χ0n) is 24.4. The molecule has 3 aliphatic heterocycles. The minimum absolute atomic E-state index is 0.0410. The number of alkyl halides is 3. The fraction of sp³-hybridized carbons (Fsp3) is 0.516. The number of nitrogens with two attached hydrogens (primary N) is 1. The van der Waals surface area contributed by atoms with Gasteiger partial charge in [0, 0.05) is 67.7 Å². The van der Waals surface area contributed by atoms with E-state index < -0.39 is 33.8 Å². The van der Waals surface area contributed by atoms with E-state index in [1.807, 2.05) is 0 Å². The number of anilines is 2. The Kier molecular flexibility index (Phi) is 7.76. The Morgan fingerprint density at radius 1 is 1.11 bits per heavy atom. The van der Waals surface area contributed by atoms with Gasteiger partial charge in [0.15, 0.2) is 5.82 Å². The molecule has 2 aromatic heterocycles. The zero-order valence-corrected chi connectivity index (χ0v) is 25.2. The maximum Gasteiger partial charge on any atom is 0.418 e. The van der Waals surface area contributed by atoms with Gasteiger partial charge in [0.2, 0.25) is 0 Å². The summed E-state index contributed by atoms with van der Waals surface area (Å²) >= 11 is 5.97. The number of nitrogens with zero attached hydrogens (tertiary/aromatic N) is 5. The molecule has 1 aliphatic carbocycles. The molecule has 3 aromatic rings. The van der Waals surface area contributed by atoms with Crippen LogP contribution in [-0.2, 0) is 6.18 Å². The number of aromatic nitrogens is 3. The van der Waals surface area contributed by atoms with Crippen LogP contribution < -0.4 is 20.7 Å². The van der Waals surface area contributed by atoms with Crippen LogP contribution in [0.3, 0.4) is 0 Å². The van der Waals surface area contributed by atoms with Crippen LogP contribution in [0, 0.1) is 11.2 Å². The van der Waals surface area contributed by atoms with E-state index in [2.05, 4.69) is 25.1 Å². The first-order valence-corrected chi connectivity index (χ1v) is 15.6. The number of piperidine rings is 1. The molecule has 1 saturated carbocycles. The van der Waals surface area contributed by atoms with E-state index in [0.29, 0.717) is 31.6 Å². The predicted molar refractivity (Wildman–Crippen MR) is 161 cm³/mol. The molecule has 5 heterocycles. The largest absolute Gasteiger partial charge is 0.463 e. The first kappa shape index (κ1) is 30.4. The lowest BCUT2D eigenvalue weighted by Gasteiger charge is -2.37. The fourth-order valence-corrected chi connectivity index (χ4v) is 7.36. The third-order valence-electron chi connectivity index (χ3n) is 9.60. The van der Waals surface area contributed by atoms with Crippen molar-refractivity contribution in [3.63, 3.8) is 0 Å². The van der Waals surface area contributed by atoms with Gasteiger partial charge < -0.3 is 25.6 Å². The summed E-state index contributed by atoms with van der Waals surface area (Å²) in [5.41, 5.74) is 3.94. The number of benzene rings is 1. The number of likely N-dealkylation sites (tertiary alicyclic amines) is 1. The SMILES string of the molecule is Nc1cc(Cl)c(C(F)(F)F)c(-c2ncc3c(N4C5CCC4CNC5)nc(OCC4(CN5CCC(=CF)CC5)CC4)nc3c2F)c1. The summed E-state index contributed by atoms with van der Waals surface area (Å²) in [5, 5.41) is 3.05. The van der Waals surface area contributed by atoms with Crippen molar-refractivity contribution >= 4 is 34.0 Å². The number of pyridine rings is 1. The number of nitrogen functional groups attached to an aromatic ring is 1. The van der Waals surface area contributed by atoms with E-state index in [4.69, 9.17) is 27.1 Å². The van der Waals surface area contributed by atoms with Crippen molar-refractivity contribution in [2.45, 2.75) is 56.8 Å². The summed E-state index contributed by atoms with van der Waals surface area (Å²) in [6, 6.07) is 2.18. The second-order valence-electron chi connectivity index (χ2n) is 12.7. The van der Waals surface area contributed by atoms with Crippen LogP contribution in [-0.4, -0.2) is 71.3 Å². The highest BCUT2D eigenvalue weighted by molar-refractivity contribution is 6.32. The number of piperazine rings is 1. The van der Waals surface area contributed by atoms with Crippen molar-refractivity contribution in [3.05, 3.63) is 46.6 Å². The van der Waals surface area contributed by atoms with E-state index >= 15 is 4.39 Å². The smallest absolute Gasteiger partial charge is 0.418 e. The van der Waals surface area contributed by atoms with Gasteiger partial charge in [0.1, 0.15) is 17.0 Å². The van der Waals surface area contributed by atoms with Gasteiger partial charge in [-0.15, -0.1) is 0 Å². The summed E-state index contributed by atoms with van der Waals surface area (Å²) < 4.78 is 77.9. The molecule has 3 saturated heterocycles. The molecule has 45 heavy (non-hydrogen) atoms. The van der Waals surface area contributed by atoms with Crippen LogP contribution in [0.1, 0.15) is 44.1 Å². The third kappa shape index (κ3) is 5.78. The van der Waals surface area contributed by atoms with Gasteiger partial charge in [-0.1, -0.05) is 11.6 Å². The molecule has 7 rings (SSSR count). The molecule has 2 unspecified atom stereocenters. The van der Waals surface area contributed by atoms with Crippen LogP contribution >= 0.6 is 11.6 Å². The third-order valence-corrected chi connectivity index (χ3v) is 9.89. The number of fused-ring (bicyclic) bond motifs is 3. The van der Waals surface area contributed by atoms with Crippen LogP contribution in [0.15, 0.2) is 30.2 Å². The number of nitrogens with one attached hydrogen (secondary N) is 1. The molecule has 14 heteroatoms. The minimum atomic E-state index is -4.88. The first-order chi connectivity index (χ1) is 21.5. The van der Waals surface area contributed by atoms with Gasteiger partial charge in [-0.05, 0) is 56.2 Å². The Bertz CT molecular complexity index is 1640. The van der Waals surface area contributed by atoms with Gasteiger partial charge in [-0.2, -0.15) is 23.1 Å². The standard InChI is InChI=1S/C31H33ClF5N7O/c32-23-10-18(38)9-21(24(23)31(35,36)37)26-25(34)27-22(14-40-26)28(44-19-1-2-20(44)13-39-12-19)42-29(41-27)45-16-30(5-6-30)15-43-7-3-17(11-33)4-8-43/h9-11,14,19-20,39H,1-8,12-13,15-16,38H2. The maximum atomic E-state index is 16.5. The molecule has 8 nitrogen and oxygen atoms in total. The summed E-state index contributed by atoms with van der Waals surface area (Å²) in [7, 11) is 0. The average Bonchev–Trinajstić information content (AvgIpc) is 3.72. The van der Waals surface area contributed by atoms with E-state index in [9.17, 15) is 17.6 Å². The highest BCUT2D eigenvalue weighted by atomic mass is 35.5. The Labute approximate surface area is 261 Å². The van der Waals surface area contributed by atoms with Crippen molar-refractivity contribution in [3.8, 4) is 17.3 Å². The van der Waals surface area contributed by atoms with E-state index in [1.165, 1.54) is 6.20 Å². The van der Waals surface area contributed by atoms with Gasteiger partial charge in [-0.3, -0.25) is 4.98 Å². The molecule has 240 valence electrons. The van der Waals surface area contributed by atoms with Gasteiger partial charge in [0.25, 0.3) is 0 Å². The normalized spacial score (nSPS) is 23.1. The van der Waals surface area contributed by atoms with Crippen LogP contribution in [0.5, 0.6) is 6.01 Å². The summed E-state index contributed by atoms with van der Waals surface area (Å²) in [5.74, 6) is -0.586. The molecule has 0 radical (unpaired) electrons. The zero-order chi connectivity index (χ0) is 31.5. The predicted octanol–water partition coefficient (Wildman–Crippen LogP) is 6.13. The molecular formula is C31H33ClF5N7O. The summed E-state index contributed by atoms with van der Waals surface area (Å²) in [4.78, 5) is 17.8. The van der Waals surface area contributed by atoms with Gasteiger partial charge in [0.05, 0.1) is 28.9 Å². The number of hydrogen-bond acceptors (Lipinski definition) is 8. The Morgan fingerprint density at radius 3 is 2.47 bits per heavy atom. The summed E-state index contributed by atoms with van der Waals surface area (Å²) in [6.45, 7) is 4.08. The summed E-state index contributed by atoms with van der Waals surface area (Å²) in [6.07, 6.45) is 2.26. The van der Waals surface area contributed by atoms with Crippen LogP contribution in [0.25, 0.3) is 22.2 Å². The van der Waals surface area contributed by atoms with Crippen LogP contribution in [0.2, 0.25) is 5.02 Å². The number of ether oxygens (including phenoxy) is 1. The van der Waals surface area contributed by atoms with Crippen molar-refractivity contribution in [2.24, 2.45) is 5.41 Å². The molecule has 0 spiro atoms. The Morgan fingerprint density at radius 2 is 1.82 bits per heavy atom. The number of halogens is 6. The van der Waals surface area contributed by atoms with Crippen molar-refractivity contribution in [1.29, 1.82) is 0 Å². The number of rotatable bonds is 7.